The number of hydrogen-bond donors (Lipinski definition) is 1. The number of hydrogen-bond acceptors (Lipinski definition) is 1. The zero-order chi connectivity index (χ0) is 12.5. The maximum absolute atomic E-state index is 8.89. The van der Waals surface area contributed by atoms with E-state index in [1.165, 1.54) is 5.56 Å². The molecule has 0 saturated carbocycles. The van der Waals surface area contributed by atoms with Gasteiger partial charge in [0.15, 0.2) is 0 Å². The zero-order valence-corrected chi connectivity index (χ0v) is 10.1. The minimum absolute atomic E-state index is 0.680. The van der Waals surface area contributed by atoms with Crippen molar-refractivity contribution < 1.29 is 0 Å². The van der Waals surface area contributed by atoms with Gasteiger partial charge in [0.2, 0.25) is 0 Å². The molecule has 86 valence electrons. The van der Waals surface area contributed by atoms with Crippen molar-refractivity contribution in [1.82, 2.24) is 4.98 Å². The van der Waals surface area contributed by atoms with Gasteiger partial charge in [0.25, 0.3) is 0 Å². The van der Waals surface area contributed by atoms with Gasteiger partial charge >= 0.3 is 0 Å². The highest BCUT2D eigenvalue weighted by atomic mass is 14.7. The van der Waals surface area contributed by atoms with Crippen LogP contribution in [0.5, 0.6) is 0 Å². The molecule has 0 aliphatic carbocycles. The third-order valence-corrected chi connectivity index (χ3v) is 3.11. The first-order valence-corrected chi connectivity index (χ1v) is 5.86. The molecule has 2 nitrogen and oxygen atoms in total. The minimum Gasteiger partial charge on any atom is -0.354 e. The van der Waals surface area contributed by atoms with Crippen LogP contribution in [-0.2, 0) is 0 Å². The molecular weight excluding hydrogens is 220 g/mol. The molecule has 1 heterocycles. The van der Waals surface area contributed by atoms with Gasteiger partial charge in [-0.25, -0.2) is 0 Å². The van der Waals surface area contributed by atoms with Crippen molar-refractivity contribution in [2.45, 2.75) is 6.92 Å². The van der Waals surface area contributed by atoms with Crippen molar-refractivity contribution in [3.8, 4) is 17.3 Å². The molecule has 0 atom stereocenters. The molecule has 1 aromatic heterocycles. The average molecular weight is 232 g/mol. The fourth-order valence-corrected chi connectivity index (χ4v) is 2.09. The Morgan fingerprint density at radius 2 is 1.78 bits per heavy atom. The van der Waals surface area contributed by atoms with Crippen molar-refractivity contribution in [1.29, 1.82) is 5.26 Å². The van der Waals surface area contributed by atoms with Gasteiger partial charge < -0.3 is 4.98 Å². The average Bonchev–Trinajstić information content (AvgIpc) is 2.82. The van der Waals surface area contributed by atoms with Gasteiger partial charge in [-0.15, -0.1) is 0 Å². The number of aromatic nitrogens is 1. The maximum Gasteiger partial charge on any atom is 0.0992 e. The molecule has 18 heavy (non-hydrogen) atoms. The van der Waals surface area contributed by atoms with E-state index in [4.69, 9.17) is 5.26 Å². The Bertz CT molecular complexity index is 743. The molecule has 1 N–H and O–H groups in total. The van der Waals surface area contributed by atoms with Crippen LogP contribution in [0.2, 0.25) is 0 Å². The summed E-state index contributed by atoms with van der Waals surface area (Å²) in [5.74, 6) is 0. The Kier molecular flexibility index (Phi) is 2.39. The molecule has 3 rings (SSSR count). The second-order valence-corrected chi connectivity index (χ2v) is 4.46. The van der Waals surface area contributed by atoms with Crippen molar-refractivity contribution in [3.05, 3.63) is 59.7 Å². The molecule has 0 spiro atoms. The number of aromatic amines is 1. The molecule has 2 aromatic carbocycles. The molecule has 0 unspecified atom stereocenters. The molecule has 0 bridgehead atoms. The summed E-state index contributed by atoms with van der Waals surface area (Å²) < 4.78 is 0. The van der Waals surface area contributed by atoms with E-state index in [0.717, 1.165) is 22.2 Å². The minimum atomic E-state index is 0.680. The van der Waals surface area contributed by atoms with Gasteiger partial charge in [0.05, 0.1) is 11.6 Å². The van der Waals surface area contributed by atoms with Crippen LogP contribution in [0.25, 0.3) is 22.2 Å². The molecule has 2 heteroatoms. The van der Waals surface area contributed by atoms with Crippen molar-refractivity contribution in [3.63, 3.8) is 0 Å². The standard InChI is InChI=1S/C16H12N2/c1-11-2-5-13(6-3-11)16-9-14-7-4-12(10-17)8-15(14)18-16/h2-9,18H,1H3. The Balaban J connectivity index is 2.13. The van der Waals surface area contributed by atoms with Gasteiger partial charge in [-0.2, -0.15) is 5.26 Å². The fourth-order valence-electron chi connectivity index (χ4n) is 2.09. The summed E-state index contributed by atoms with van der Waals surface area (Å²) in [6.07, 6.45) is 0. The largest absolute Gasteiger partial charge is 0.354 e. The van der Waals surface area contributed by atoms with E-state index in [2.05, 4.69) is 48.3 Å². The van der Waals surface area contributed by atoms with Gasteiger partial charge in [-0.3, -0.25) is 0 Å². The third-order valence-electron chi connectivity index (χ3n) is 3.11. The fraction of sp³-hybridized carbons (Fsp3) is 0.0625. The van der Waals surface area contributed by atoms with E-state index in [9.17, 15) is 0 Å². The number of nitriles is 1. The van der Waals surface area contributed by atoms with E-state index in [1.807, 2.05) is 18.2 Å². The highest BCUT2D eigenvalue weighted by molar-refractivity contribution is 5.86. The third kappa shape index (κ3) is 1.76. The van der Waals surface area contributed by atoms with Gasteiger partial charge in [0, 0.05) is 16.6 Å². The summed E-state index contributed by atoms with van der Waals surface area (Å²) in [6, 6.07) is 18.4. The highest BCUT2D eigenvalue weighted by Crippen LogP contribution is 2.24. The number of rotatable bonds is 1. The highest BCUT2D eigenvalue weighted by Gasteiger charge is 2.03. The Labute approximate surface area is 106 Å². The van der Waals surface area contributed by atoms with Crippen LogP contribution >= 0.6 is 0 Å². The number of nitrogens with one attached hydrogen (secondary N) is 1. The van der Waals surface area contributed by atoms with Gasteiger partial charge in [-0.1, -0.05) is 35.9 Å². The van der Waals surface area contributed by atoms with E-state index in [-0.39, 0.29) is 0 Å². The summed E-state index contributed by atoms with van der Waals surface area (Å²) in [6.45, 7) is 2.08. The lowest BCUT2D eigenvalue weighted by Crippen LogP contribution is -1.77. The monoisotopic (exact) mass is 232 g/mol. The summed E-state index contributed by atoms with van der Waals surface area (Å²) >= 11 is 0. The number of fused-ring (bicyclic) bond motifs is 1. The lowest BCUT2D eigenvalue weighted by molar-refractivity contribution is 1.42. The predicted molar refractivity (Wildman–Crippen MR) is 73.2 cm³/mol. The molecule has 0 aliphatic rings. The van der Waals surface area contributed by atoms with E-state index in [0.29, 0.717) is 5.56 Å². The van der Waals surface area contributed by atoms with Crippen LogP contribution in [0.3, 0.4) is 0 Å². The molecule has 0 amide bonds. The first kappa shape index (κ1) is 10.6. The number of nitrogens with zero attached hydrogens (tertiary/aromatic N) is 1. The summed E-state index contributed by atoms with van der Waals surface area (Å²) in [5.41, 5.74) is 5.18. The molecule has 0 aliphatic heterocycles. The number of aryl methyl sites for hydroxylation is 1. The Morgan fingerprint density at radius 1 is 1.00 bits per heavy atom. The SMILES string of the molecule is Cc1ccc(-c2cc3ccc(C#N)cc3[nH]2)cc1. The molecule has 3 aromatic rings. The zero-order valence-electron chi connectivity index (χ0n) is 10.1. The van der Waals surface area contributed by atoms with Crippen LogP contribution < -0.4 is 0 Å². The normalized spacial score (nSPS) is 10.4. The molecule has 0 radical (unpaired) electrons. The Morgan fingerprint density at radius 3 is 2.50 bits per heavy atom. The first-order valence-electron chi connectivity index (χ1n) is 5.86. The maximum atomic E-state index is 8.89. The molecular formula is C16H12N2. The molecule has 0 fully saturated rings. The first-order chi connectivity index (χ1) is 8.76. The van der Waals surface area contributed by atoms with Crippen LogP contribution in [0, 0.1) is 18.3 Å². The summed E-state index contributed by atoms with van der Waals surface area (Å²) in [5, 5.41) is 10.0. The molecule has 0 saturated heterocycles. The number of H-pyrrole nitrogens is 1. The number of benzene rings is 2. The lowest BCUT2D eigenvalue weighted by atomic mass is 10.1. The van der Waals surface area contributed by atoms with Crippen LogP contribution in [0.4, 0.5) is 0 Å². The smallest absolute Gasteiger partial charge is 0.0992 e. The topological polar surface area (TPSA) is 39.6 Å². The van der Waals surface area contributed by atoms with Crippen LogP contribution in [-0.4, -0.2) is 4.98 Å². The Hall–Kier alpha value is -2.53. The van der Waals surface area contributed by atoms with E-state index in [1.54, 1.807) is 0 Å². The van der Waals surface area contributed by atoms with Crippen molar-refractivity contribution in [2.24, 2.45) is 0 Å². The predicted octanol–water partition coefficient (Wildman–Crippen LogP) is 4.02. The summed E-state index contributed by atoms with van der Waals surface area (Å²) in [7, 11) is 0. The van der Waals surface area contributed by atoms with Gasteiger partial charge in [0.1, 0.15) is 0 Å². The van der Waals surface area contributed by atoms with Crippen molar-refractivity contribution >= 4 is 10.9 Å². The van der Waals surface area contributed by atoms with Crippen LogP contribution in [0.15, 0.2) is 48.5 Å². The second kappa shape index (κ2) is 4.05. The second-order valence-electron chi connectivity index (χ2n) is 4.46. The van der Waals surface area contributed by atoms with E-state index >= 15 is 0 Å². The lowest BCUT2D eigenvalue weighted by Gasteiger charge is -1.97. The van der Waals surface area contributed by atoms with Crippen molar-refractivity contribution in [2.75, 3.05) is 0 Å². The van der Waals surface area contributed by atoms with E-state index < -0.39 is 0 Å². The quantitative estimate of drug-likeness (QED) is 0.676. The van der Waals surface area contributed by atoms with Crippen LogP contribution in [0.1, 0.15) is 11.1 Å². The summed E-state index contributed by atoms with van der Waals surface area (Å²) in [4.78, 5) is 3.35. The van der Waals surface area contributed by atoms with Gasteiger partial charge in [-0.05, 0) is 30.7 Å².